The van der Waals surface area contributed by atoms with Crippen LogP contribution in [0.3, 0.4) is 0 Å². The zero-order valence-corrected chi connectivity index (χ0v) is 19.2. The molecule has 0 aromatic rings. The third kappa shape index (κ3) is 11.8. The Balaban J connectivity index is 5.20. The molecule has 0 bridgehead atoms. The Kier molecular flexibility index (Phi) is 14.1. The van der Waals surface area contributed by atoms with Crippen LogP contribution in [0.4, 0.5) is 0 Å². The van der Waals surface area contributed by atoms with Crippen LogP contribution in [0, 0.1) is 0 Å². The van der Waals surface area contributed by atoms with Crippen LogP contribution < -0.4 is 33.2 Å². The summed E-state index contributed by atoms with van der Waals surface area (Å²) < 4.78 is 0. The molecule has 0 aliphatic rings. The number of primary amides is 2. The standard InChI is InChI=1S/C17H30N6O7S2/c1-32-5-4-9(17(29)30)21-16(28)11(7-31)23-15(27)10(6-13(20)25)22-14(26)8(18)2-3-12(19)24/h8-11,31H,2-7,18H2,1H3,(H2,19,24)(H2,20,25)(H,21,28)(H,22,26)(H,23,27)(H,29,30). The summed E-state index contributed by atoms with van der Waals surface area (Å²) in [5, 5.41) is 16.1. The highest BCUT2D eigenvalue weighted by Crippen LogP contribution is 2.03. The molecule has 0 heterocycles. The van der Waals surface area contributed by atoms with Gasteiger partial charge in [0.2, 0.25) is 29.5 Å². The average Bonchev–Trinajstić information content (AvgIpc) is 2.71. The summed E-state index contributed by atoms with van der Waals surface area (Å²) in [6.07, 6.45) is 1.11. The van der Waals surface area contributed by atoms with Gasteiger partial charge in [-0.3, -0.25) is 24.0 Å². The lowest BCUT2D eigenvalue weighted by Gasteiger charge is -2.24. The lowest BCUT2D eigenvalue weighted by Crippen LogP contribution is -2.58. The van der Waals surface area contributed by atoms with E-state index in [-0.39, 0.29) is 25.0 Å². The van der Waals surface area contributed by atoms with Gasteiger partial charge < -0.3 is 38.3 Å². The zero-order chi connectivity index (χ0) is 24.8. The quantitative estimate of drug-likeness (QED) is 0.1000. The summed E-state index contributed by atoms with van der Waals surface area (Å²) in [4.78, 5) is 70.7. The van der Waals surface area contributed by atoms with E-state index in [1.165, 1.54) is 11.8 Å². The molecule has 0 aromatic carbocycles. The van der Waals surface area contributed by atoms with Crippen LogP contribution >= 0.6 is 24.4 Å². The van der Waals surface area contributed by atoms with Crippen molar-refractivity contribution < 1.29 is 33.9 Å². The maximum Gasteiger partial charge on any atom is 0.326 e. The van der Waals surface area contributed by atoms with E-state index in [2.05, 4.69) is 28.6 Å². The Hall–Kier alpha value is -2.52. The molecule has 0 fully saturated rings. The number of hydrogen-bond acceptors (Lipinski definition) is 9. The Labute approximate surface area is 194 Å². The van der Waals surface area contributed by atoms with Crippen molar-refractivity contribution in [2.75, 3.05) is 17.8 Å². The highest BCUT2D eigenvalue weighted by atomic mass is 32.2. The van der Waals surface area contributed by atoms with Crippen LogP contribution in [-0.2, 0) is 28.8 Å². The van der Waals surface area contributed by atoms with Gasteiger partial charge in [-0.25, -0.2) is 4.79 Å². The molecule has 13 nitrogen and oxygen atoms in total. The largest absolute Gasteiger partial charge is 0.480 e. The van der Waals surface area contributed by atoms with Crippen molar-refractivity contribution in [3.05, 3.63) is 0 Å². The van der Waals surface area contributed by atoms with E-state index in [4.69, 9.17) is 17.2 Å². The SMILES string of the molecule is CSCCC(NC(=O)C(CS)NC(=O)C(CC(N)=O)NC(=O)C(N)CCC(N)=O)C(=O)O. The number of carbonyl (C=O) groups excluding carboxylic acids is 5. The Morgan fingerprint density at radius 2 is 1.41 bits per heavy atom. The Bertz CT molecular complexity index is 709. The average molecular weight is 495 g/mol. The number of carboxylic acid groups (broad SMARTS) is 1. The first kappa shape index (κ1) is 29.5. The summed E-state index contributed by atoms with van der Waals surface area (Å²) in [6.45, 7) is 0. The van der Waals surface area contributed by atoms with Gasteiger partial charge in [0.15, 0.2) is 0 Å². The summed E-state index contributed by atoms with van der Waals surface area (Å²) >= 11 is 5.39. The number of aliphatic carboxylic acids is 1. The molecule has 0 radical (unpaired) electrons. The molecule has 0 spiro atoms. The second-order valence-electron chi connectivity index (χ2n) is 6.77. The molecule has 4 unspecified atom stereocenters. The van der Waals surface area contributed by atoms with Crippen molar-refractivity contribution in [3.63, 3.8) is 0 Å². The number of nitrogens with two attached hydrogens (primary N) is 3. The first-order valence-electron chi connectivity index (χ1n) is 9.48. The lowest BCUT2D eigenvalue weighted by atomic mass is 10.1. The molecular weight excluding hydrogens is 464 g/mol. The predicted molar refractivity (Wildman–Crippen MR) is 120 cm³/mol. The van der Waals surface area contributed by atoms with E-state index in [9.17, 15) is 33.9 Å². The van der Waals surface area contributed by atoms with E-state index in [1.807, 2.05) is 0 Å². The second-order valence-corrected chi connectivity index (χ2v) is 8.12. The summed E-state index contributed by atoms with van der Waals surface area (Å²) in [5.41, 5.74) is 15.8. The van der Waals surface area contributed by atoms with Gasteiger partial charge in [0.05, 0.1) is 12.5 Å². The van der Waals surface area contributed by atoms with Crippen LogP contribution in [0.2, 0.25) is 0 Å². The first-order valence-corrected chi connectivity index (χ1v) is 11.5. The summed E-state index contributed by atoms with van der Waals surface area (Å²) in [7, 11) is 0. The number of nitrogens with one attached hydrogen (secondary N) is 3. The molecule has 0 aromatic heterocycles. The van der Waals surface area contributed by atoms with Crippen molar-refractivity contribution >= 4 is 59.9 Å². The van der Waals surface area contributed by atoms with Crippen LogP contribution in [0.5, 0.6) is 0 Å². The molecule has 0 rings (SSSR count). The molecule has 0 saturated carbocycles. The van der Waals surface area contributed by atoms with Gasteiger partial charge in [0, 0.05) is 12.2 Å². The fourth-order valence-electron chi connectivity index (χ4n) is 2.35. The highest BCUT2D eigenvalue weighted by molar-refractivity contribution is 7.98. The molecule has 15 heteroatoms. The van der Waals surface area contributed by atoms with Gasteiger partial charge >= 0.3 is 5.97 Å². The molecule has 32 heavy (non-hydrogen) atoms. The molecule has 10 N–H and O–H groups in total. The van der Waals surface area contributed by atoms with Gasteiger partial charge in [0.25, 0.3) is 0 Å². The number of rotatable bonds is 16. The van der Waals surface area contributed by atoms with Crippen molar-refractivity contribution in [3.8, 4) is 0 Å². The Morgan fingerprint density at radius 1 is 0.875 bits per heavy atom. The van der Waals surface area contributed by atoms with E-state index in [1.54, 1.807) is 6.26 Å². The van der Waals surface area contributed by atoms with Gasteiger partial charge in [-0.1, -0.05) is 0 Å². The molecular formula is C17H30N6O7S2. The number of thiol groups is 1. The van der Waals surface area contributed by atoms with Gasteiger partial charge in [-0.2, -0.15) is 24.4 Å². The fourth-order valence-corrected chi connectivity index (χ4v) is 3.08. The molecule has 0 saturated heterocycles. The normalized spacial score (nSPS) is 14.3. The van der Waals surface area contributed by atoms with Crippen molar-refractivity contribution in [1.82, 2.24) is 16.0 Å². The summed E-state index contributed by atoms with van der Waals surface area (Å²) in [6, 6.07) is -5.06. The third-order valence-electron chi connectivity index (χ3n) is 4.12. The number of carboxylic acids is 1. The minimum Gasteiger partial charge on any atom is -0.480 e. The van der Waals surface area contributed by atoms with Gasteiger partial charge in [0.1, 0.15) is 18.1 Å². The maximum absolute atomic E-state index is 12.6. The molecule has 0 aliphatic heterocycles. The van der Waals surface area contributed by atoms with Crippen LogP contribution in [0.1, 0.15) is 25.7 Å². The molecule has 5 amide bonds. The minimum absolute atomic E-state index is 0.0830. The van der Waals surface area contributed by atoms with E-state index < -0.39 is 66.1 Å². The lowest BCUT2D eigenvalue weighted by molar-refractivity contribution is -0.142. The fraction of sp³-hybridized carbons (Fsp3) is 0.647. The number of hydrogen-bond donors (Lipinski definition) is 8. The molecule has 182 valence electrons. The predicted octanol–water partition coefficient (Wildman–Crippen LogP) is -3.32. The molecule has 4 atom stereocenters. The topological polar surface area (TPSA) is 237 Å². The monoisotopic (exact) mass is 494 g/mol. The molecule has 0 aliphatic carbocycles. The minimum atomic E-state index is -1.46. The van der Waals surface area contributed by atoms with Crippen molar-refractivity contribution in [2.24, 2.45) is 17.2 Å². The van der Waals surface area contributed by atoms with Gasteiger partial charge in [-0.05, 0) is 24.9 Å². The zero-order valence-electron chi connectivity index (χ0n) is 17.5. The maximum atomic E-state index is 12.6. The Morgan fingerprint density at radius 3 is 1.88 bits per heavy atom. The van der Waals surface area contributed by atoms with E-state index >= 15 is 0 Å². The smallest absolute Gasteiger partial charge is 0.326 e. The van der Waals surface area contributed by atoms with E-state index in [0.29, 0.717) is 5.75 Å². The van der Waals surface area contributed by atoms with Crippen LogP contribution in [0.15, 0.2) is 0 Å². The number of thioether (sulfide) groups is 1. The summed E-state index contributed by atoms with van der Waals surface area (Å²) in [5.74, 6) is -5.08. The van der Waals surface area contributed by atoms with Crippen LogP contribution in [-0.4, -0.2) is 82.5 Å². The highest BCUT2D eigenvalue weighted by Gasteiger charge is 2.30. The van der Waals surface area contributed by atoms with E-state index in [0.717, 1.165) is 0 Å². The third-order valence-corrected chi connectivity index (χ3v) is 5.13. The van der Waals surface area contributed by atoms with Gasteiger partial charge in [-0.15, -0.1) is 0 Å². The first-order chi connectivity index (χ1) is 14.9. The second kappa shape index (κ2) is 15.3. The van der Waals surface area contributed by atoms with Crippen molar-refractivity contribution in [2.45, 2.75) is 49.9 Å². The van der Waals surface area contributed by atoms with Crippen LogP contribution in [0.25, 0.3) is 0 Å². The number of carbonyl (C=O) groups is 6. The van der Waals surface area contributed by atoms with Crippen molar-refractivity contribution in [1.29, 1.82) is 0 Å². The number of amides is 5.